The first-order chi connectivity index (χ1) is 12.1. The second-order valence-corrected chi connectivity index (χ2v) is 7.50. The van der Waals surface area contributed by atoms with Crippen LogP contribution < -0.4 is 0 Å². The molecule has 1 aliphatic rings. The molecular weight excluding hydrogens is 332 g/mol. The van der Waals surface area contributed by atoms with Crippen molar-refractivity contribution in [2.24, 2.45) is 11.8 Å². The summed E-state index contributed by atoms with van der Waals surface area (Å²) in [6.45, 7) is 9.02. The first-order valence-corrected chi connectivity index (χ1v) is 9.24. The Morgan fingerprint density at radius 1 is 1.27 bits per heavy atom. The van der Waals surface area contributed by atoms with Gasteiger partial charge in [0.15, 0.2) is 11.6 Å². The van der Waals surface area contributed by atoms with Crippen molar-refractivity contribution in [3.63, 3.8) is 0 Å². The number of Topliss-reactive ketones (excluding diaryl/α,β-unsaturated/α-hetero) is 2. The minimum absolute atomic E-state index is 0.0852. The van der Waals surface area contributed by atoms with Gasteiger partial charge in [-0.3, -0.25) is 9.59 Å². The quantitative estimate of drug-likeness (QED) is 0.430. The number of rotatable bonds is 9. The summed E-state index contributed by atoms with van der Waals surface area (Å²) in [5, 5.41) is 30.9. The van der Waals surface area contributed by atoms with Crippen molar-refractivity contribution >= 4 is 11.6 Å². The maximum absolute atomic E-state index is 12.9. The van der Waals surface area contributed by atoms with Gasteiger partial charge < -0.3 is 15.3 Å². The Bertz CT molecular complexity index is 637. The molecule has 0 aromatic heterocycles. The molecule has 0 aromatic rings. The maximum Gasteiger partial charge on any atom is 0.176 e. The molecule has 5 nitrogen and oxygen atoms in total. The normalized spacial score (nSPS) is 24.8. The van der Waals surface area contributed by atoms with Gasteiger partial charge in [-0.25, -0.2) is 0 Å². The van der Waals surface area contributed by atoms with Crippen molar-refractivity contribution in [1.29, 1.82) is 0 Å². The van der Waals surface area contributed by atoms with Crippen LogP contribution in [0.5, 0.6) is 0 Å². The average Bonchev–Trinajstić information content (AvgIpc) is 2.77. The van der Waals surface area contributed by atoms with Gasteiger partial charge in [-0.15, -0.1) is 0 Å². The van der Waals surface area contributed by atoms with Gasteiger partial charge in [0.2, 0.25) is 0 Å². The van der Waals surface area contributed by atoms with Crippen molar-refractivity contribution in [1.82, 2.24) is 0 Å². The summed E-state index contributed by atoms with van der Waals surface area (Å²) in [6.07, 6.45) is 4.92. The van der Waals surface area contributed by atoms with Crippen molar-refractivity contribution < 1.29 is 24.9 Å². The Morgan fingerprint density at radius 3 is 2.38 bits per heavy atom. The number of aliphatic hydroxyl groups excluding tert-OH is 2. The third kappa shape index (κ3) is 4.71. The van der Waals surface area contributed by atoms with E-state index in [2.05, 4.69) is 0 Å². The molecular formula is C21H32O5. The Kier molecular flexibility index (Phi) is 7.97. The number of hydrogen-bond acceptors (Lipinski definition) is 5. The molecule has 3 atom stereocenters. The van der Waals surface area contributed by atoms with Crippen LogP contribution >= 0.6 is 0 Å². The zero-order valence-electron chi connectivity index (χ0n) is 16.5. The zero-order valence-corrected chi connectivity index (χ0v) is 16.5. The van der Waals surface area contributed by atoms with Gasteiger partial charge in [0.1, 0.15) is 16.9 Å². The Morgan fingerprint density at radius 2 is 1.88 bits per heavy atom. The molecule has 5 heteroatoms. The van der Waals surface area contributed by atoms with E-state index in [9.17, 15) is 19.8 Å². The average molecular weight is 364 g/mol. The van der Waals surface area contributed by atoms with E-state index in [1.807, 2.05) is 26.8 Å². The molecule has 146 valence electrons. The largest absolute Gasteiger partial charge is 0.508 e. The summed E-state index contributed by atoms with van der Waals surface area (Å²) in [5.74, 6) is -2.64. The van der Waals surface area contributed by atoms with E-state index in [1.54, 1.807) is 19.9 Å². The fourth-order valence-corrected chi connectivity index (χ4v) is 3.11. The third-order valence-electron chi connectivity index (χ3n) is 5.12. The molecule has 3 unspecified atom stereocenters. The van der Waals surface area contributed by atoms with Crippen molar-refractivity contribution in [3.05, 3.63) is 34.6 Å². The molecule has 0 fully saturated rings. The van der Waals surface area contributed by atoms with Gasteiger partial charge in [0.25, 0.3) is 0 Å². The van der Waals surface area contributed by atoms with Crippen LogP contribution in [-0.4, -0.2) is 39.1 Å². The van der Waals surface area contributed by atoms with Gasteiger partial charge >= 0.3 is 0 Å². The first kappa shape index (κ1) is 22.3. The molecule has 0 aromatic carbocycles. The molecule has 0 radical (unpaired) electrons. The van der Waals surface area contributed by atoms with E-state index in [-0.39, 0.29) is 30.9 Å². The summed E-state index contributed by atoms with van der Waals surface area (Å²) in [6, 6.07) is 0. The molecule has 0 aliphatic heterocycles. The second-order valence-electron chi connectivity index (χ2n) is 7.50. The predicted molar refractivity (Wildman–Crippen MR) is 102 cm³/mol. The minimum atomic E-state index is -1.76. The number of carbonyl (C=O) groups is 2. The molecule has 0 amide bonds. The van der Waals surface area contributed by atoms with Crippen LogP contribution in [0.2, 0.25) is 0 Å². The Balaban J connectivity index is 3.27. The lowest BCUT2D eigenvalue weighted by Gasteiger charge is -2.28. The molecule has 1 rings (SSSR count). The number of carbonyl (C=O) groups excluding carboxylic acids is 2. The monoisotopic (exact) mass is 364 g/mol. The number of hydrogen-bond donors (Lipinski definition) is 3. The SMILES string of the molecule is CCC(C)C(=O)C1=C(O)C(O)(CCC=C(C)CO)C(CC=C(C)C)C1=O. The van der Waals surface area contributed by atoms with E-state index in [1.165, 1.54) is 0 Å². The fourth-order valence-electron chi connectivity index (χ4n) is 3.11. The lowest BCUT2D eigenvalue weighted by atomic mass is 9.82. The molecule has 26 heavy (non-hydrogen) atoms. The van der Waals surface area contributed by atoms with E-state index >= 15 is 0 Å². The highest BCUT2D eigenvalue weighted by atomic mass is 16.3. The smallest absolute Gasteiger partial charge is 0.176 e. The highest BCUT2D eigenvalue weighted by Gasteiger charge is 2.54. The first-order valence-electron chi connectivity index (χ1n) is 9.24. The number of allylic oxidation sites excluding steroid dienone is 4. The van der Waals surface area contributed by atoms with Crippen LogP contribution in [0, 0.1) is 11.8 Å². The van der Waals surface area contributed by atoms with E-state index < -0.39 is 28.8 Å². The highest BCUT2D eigenvalue weighted by Crippen LogP contribution is 2.43. The molecule has 1 aliphatic carbocycles. The van der Waals surface area contributed by atoms with Gasteiger partial charge in [-0.1, -0.05) is 37.1 Å². The van der Waals surface area contributed by atoms with E-state index in [0.717, 1.165) is 11.1 Å². The van der Waals surface area contributed by atoms with Crippen LogP contribution in [0.4, 0.5) is 0 Å². The van der Waals surface area contributed by atoms with Gasteiger partial charge in [-0.2, -0.15) is 0 Å². The van der Waals surface area contributed by atoms with Crippen LogP contribution in [0.1, 0.15) is 60.3 Å². The standard InChI is InChI=1S/C21H32O5/c1-6-15(5)18(23)17-19(24)16(10-9-13(2)3)21(26,20(17)25)11-7-8-14(4)12-22/h8-9,15-16,22,25-26H,6-7,10-12H2,1-5H3. The molecule has 0 heterocycles. The van der Waals surface area contributed by atoms with Crippen molar-refractivity contribution in [2.75, 3.05) is 6.61 Å². The van der Waals surface area contributed by atoms with Crippen LogP contribution in [0.25, 0.3) is 0 Å². The molecule has 0 saturated carbocycles. The summed E-state index contributed by atoms with van der Waals surface area (Å²) in [7, 11) is 0. The van der Waals surface area contributed by atoms with Gasteiger partial charge in [-0.05, 0) is 46.5 Å². The Hall–Kier alpha value is -1.72. The number of aliphatic hydroxyl groups is 3. The Labute approximate surface area is 156 Å². The van der Waals surface area contributed by atoms with Crippen molar-refractivity contribution in [3.8, 4) is 0 Å². The summed E-state index contributed by atoms with van der Waals surface area (Å²) in [5.41, 5.74) is -0.249. The van der Waals surface area contributed by atoms with Crippen LogP contribution in [0.15, 0.2) is 34.6 Å². The second kappa shape index (κ2) is 9.28. The van der Waals surface area contributed by atoms with Crippen molar-refractivity contribution in [2.45, 2.75) is 65.9 Å². The number of ketones is 2. The topological polar surface area (TPSA) is 94.8 Å². The van der Waals surface area contributed by atoms with Gasteiger partial charge in [0.05, 0.1) is 12.5 Å². The van der Waals surface area contributed by atoms with Gasteiger partial charge in [0, 0.05) is 5.92 Å². The molecule has 0 bridgehead atoms. The zero-order chi connectivity index (χ0) is 20.1. The van der Waals surface area contributed by atoms with Crippen LogP contribution in [0.3, 0.4) is 0 Å². The maximum atomic E-state index is 12.9. The summed E-state index contributed by atoms with van der Waals surface area (Å²) >= 11 is 0. The molecule has 3 N–H and O–H groups in total. The lowest BCUT2D eigenvalue weighted by molar-refractivity contribution is -0.127. The molecule has 0 saturated heterocycles. The van der Waals surface area contributed by atoms with E-state index in [0.29, 0.717) is 12.8 Å². The van der Waals surface area contributed by atoms with E-state index in [4.69, 9.17) is 5.11 Å². The fraction of sp³-hybridized carbons (Fsp3) is 0.619. The third-order valence-corrected chi connectivity index (χ3v) is 5.12. The summed E-state index contributed by atoms with van der Waals surface area (Å²) < 4.78 is 0. The molecule has 0 spiro atoms. The predicted octanol–water partition coefficient (Wildman–Crippen LogP) is 3.42. The minimum Gasteiger partial charge on any atom is -0.508 e. The lowest BCUT2D eigenvalue weighted by Crippen LogP contribution is -2.38. The van der Waals surface area contributed by atoms with Crippen LogP contribution in [-0.2, 0) is 9.59 Å². The summed E-state index contributed by atoms with van der Waals surface area (Å²) in [4.78, 5) is 25.5. The highest BCUT2D eigenvalue weighted by molar-refractivity contribution is 6.24.